The predicted molar refractivity (Wildman–Crippen MR) is 180 cm³/mol. The van der Waals surface area contributed by atoms with E-state index in [0.717, 1.165) is 55.5 Å². The summed E-state index contributed by atoms with van der Waals surface area (Å²) in [6, 6.07) is 52.1. The van der Waals surface area contributed by atoms with E-state index in [1.54, 1.807) is 0 Å². The second-order valence-electron chi connectivity index (χ2n) is 10.6. The van der Waals surface area contributed by atoms with Crippen molar-refractivity contribution in [3.63, 3.8) is 0 Å². The van der Waals surface area contributed by atoms with Gasteiger partial charge in [-0.15, -0.1) is 0 Å². The van der Waals surface area contributed by atoms with Gasteiger partial charge < -0.3 is 10.2 Å². The van der Waals surface area contributed by atoms with Crippen LogP contribution >= 0.6 is 0 Å². The zero-order valence-electron chi connectivity index (χ0n) is 23.7. The molecular formula is C40H30N2O. The van der Waals surface area contributed by atoms with Crippen molar-refractivity contribution in [2.75, 3.05) is 0 Å². The standard InChI is InChI=1S/C40H30N2O/c41-37(33-15-9-14-32(24-33)31-20-18-30(19-21-31)29-12-5-2-6-13-29)26-38(42-27-28-10-3-1-4-11-28)34-22-23-36-35-16-7-8-17-39(35)43-40(36)25-34/h1-26H,27,41H2/b37-26-,42-38?. The monoisotopic (exact) mass is 554 g/mol. The molecule has 0 aliphatic carbocycles. The topological polar surface area (TPSA) is 51.5 Å². The highest BCUT2D eigenvalue weighted by molar-refractivity contribution is 6.15. The molecule has 1 aromatic heterocycles. The van der Waals surface area contributed by atoms with Crippen LogP contribution in [-0.2, 0) is 6.54 Å². The first-order chi connectivity index (χ1) is 21.2. The van der Waals surface area contributed by atoms with Gasteiger partial charge in [-0.2, -0.15) is 0 Å². The molecule has 0 saturated heterocycles. The van der Waals surface area contributed by atoms with Gasteiger partial charge in [-0.3, -0.25) is 4.99 Å². The Morgan fingerprint density at radius 2 is 1.16 bits per heavy atom. The van der Waals surface area contributed by atoms with Crippen LogP contribution in [0.5, 0.6) is 0 Å². The maximum atomic E-state index is 6.78. The van der Waals surface area contributed by atoms with E-state index in [0.29, 0.717) is 12.2 Å². The Bertz CT molecular complexity index is 2090. The van der Waals surface area contributed by atoms with E-state index in [1.807, 2.05) is 54.6 Å². The Balaban J connectivity index is 1.23. The van der Waals surface area contributed by atoms with Crippen LogP contribution in [0.15, 0.2) is 167 Å². The fraction of sp³-hybridized carbons (Fsp3) is 0.0250. The summed E-state index contributed by atoms with van der Waals surface area (Å²) in [6.45, 7) is 0.548. The number of rotatable bonds is 7. The summed E-state index contributed by atoms with van der Waals surface area (Å²) in [6.07, 6.45) is 1.98. The van der Waals surface area contributed by atoms with Crippen molar-refractivity contribution in [1.82, 2.24) is 0 Å². The molecule has 43 heavy (non-hydrogen) atoms. The molecule has 3 heteroatoms. The number of hydrogen-bond donors (Lipinski definition) is 1. The number of nitrogens with two attached hydrogens (primary N) is 1. The van der Waals surface area contributed by atoms with Crippen LogP contribution in [0.3, 0.4) is 0 Å². The van der Waals surface area contributed by atoms with Gasteiger partial charge >= 0.3 is 0 Å². The van der Waals surface area contributed by atoms with Crippen LogP contribution in [-0.4, -0.2) is 5.71 Å². The highest BCUT2D eigenvalue weighted by Crippen LogP contribution is 2.30. The zero-order valence-corrected chi connectivity index (χ0v) is 23.7. The Hall–Kier alpha value is -5.67. The molecule has 0 aliphatic rings. The van der Waals surface area contributed by atoms with Gasteiger partial charge in [-0.1, -0.05) is 127 Å². The lowest BCUT2D eigenvalue weighted by atomic mass is 9.98. The molecule has 0 bridgehead atoms. The summed E-state index contributed by atoms with van der Waals surface area (Å²) in [5.41, 5.74) is 17.6. The molecule has 0 atom stereocenters. The predicted octanol–water partition coefficient (Wildman–Crippen LogP) is 9.91. The van der Waals surface area contributed by atoms with E-state index < -0.39 is 0 Å². The summed E-state index contributed by atoms with van der Waals surface area (Å²) >= 11 is 0. The van der Waals surface area contributed by atoms with Gasteiger partial charge in [-0.05, 0) is 63.7 Å². The Morgan fingerprint density at radius 3 is 1.95 bits per heavy atom. The Morgan fingerprint density at radius 1 is 0.535 bits per heavy atom. The molecule has 1 heterocycles. The van der Waals surface area contributed by atoms with Crippen molar-refractivity contribution >= 4 is 33.3 Å². The van der Waals surface area contributed by atoms with Gasteiger partial charge in [0.2, 0.25) is 0 Å². The molecule has 7 rings (SSSR count). The third kappa shape index (κ3) is 5.61. The first-order valence-electron chi connectivity index (χ1n) is 14.4. The van der Waals surface area contributed by atoms with Crippen LogP contribution in [0.4, 0.5) is 0 Å². The zero-order chi connectivity index (χ0) is 29.0. The normalized spacial score (nSPS) is 12.2. The minimum Gasteiger partial charge on any atom is -0.456 e. The molecule has 6 aromatic carbocycles. The summed E-state index contributed by atoms with van der Waals surface area (Å²) in [5.74, 6) is 0. The smallest absolute Gasteiger partial charge is 0.136 e. The third-order valence-corrected chi connectivity index (χ3v) is 7.76. The van der Waals surface area contributed by atoms with Crippen LogP contribution < -0.4 is 5.73 Å². The first kappa shape index (κ1) is 26.2. The van der Waals surface area contributed by atoms with Crippen molar-refractivity contribution in [3.8, 4) is 22.3 Å². The molecule has 0 unspecified atom stereocenters. The van der Waals surface area contributed by atoms with Gasteiger partial charge in [0, 0.05) is 22.0 Å². The van der Waals surface area contributed by atoms with E-state index in [-0.39, 0.29) is 0 Å². The van der Waals surface area contributed by atoms with E-state index in [9.17, 15) is 0 Å². The second-order valence-corrected chi connectivity index (χ2v) is 10.6. The van der Waals surface area contributed by atoms with E-state index in [4.69, 9.17) is 15.1 Å². The number of para-hydroxylation sites is 1. The van der Waals surface area contributed by atoms with Gasteiger partial charge in [0.1, 0.15) is 11.2 Å². The lowest BCUT2D eigenvalue weighted by Crippen LogP contribution is -2.04. The van der Waals surface area contributed by atoms with Crippen molar-refractivity contribution in [2.45, 2.75) is 6.54 Å². The molecule has 0 saturated carbocycles. The van der Waals surface area contributed by atoms with Crippen molar-refractivity contribution < 1.29 is 4.42 Å². The molecule has 3 nitrogen and oxygen atoms in total. The summed E-state index contributed by atoms with van der Waals surface area (Å²) in [5, 5.41) is 2.19. The summed E-state index contributed by atoms with van der Waals surface area (Å²) in [7, 11) is 0. The molecule has 2 N–H and O–H groups in total. The van der Waals surface area contributed by atoms with Crippen LogP contribution in [0.25, 0.3) is 49.9 Å². The highest BCUT2D eigenvalue weighted by atomic mass is 16.3. The SMILES string of the molecule is N/C(=C\C(=NCc1ccccc1)c1ccc2c(c1)oc1ccccc12)c1cccc(-c2ccc(-c3ccccc3)cc2)c1. The number of nitrogens with zero attached hydrogens (tertiary/aromatic N) is 1. The van der Waals surface area contributed by atoms with Crippen molar-refractivity contribution in [1.29, 1.82) is 0 Å². The first-order valence-corrected chi connectivity index (χ1v) is 14.4. The average molecular weight is 555 g/mol. The summed E-state index contributed by atoms with van der Waals surface area (Å²) in [4.78, 5) is 5.03. The van der Waals surface area contributed by atoms with Gasteiger partial charge in [0.05, 0.1) is 12.3 Å². The molecule has 0 aliphatic heterocycles. The number of furan rings is 1. The lowest BCUT2D eigenvalue weighted by molar-refractivity contribution is 0.669. The second kappa shape index (κ2) is 11.7. The van der Waals surface area contributed by atoms with Crippen molar-refractivity contribution in [2.24, 2.45) is 10.7 Å². The quantitative estimate of drug-likeness (QED) is 0.199. The lowest BCUT2D eigenvalue weighted by Gasteiger charge is -2.09. The fourth-order valence-corrected chi connectivity index (χ4v) is 5.46. The number of allylic oxidation sites excluding steroid dienone is 1. The number of fused-ring (bicyclic) bond motifs is 3. The fourth-order valence-electron chi connectivity index (χ4n) is 5.46. The van der Waals surface area contributed by atoms with Gasteiger partial charge in [0.25, 0.3) is 0 Å². The van der Waals surface area contributed by atoms with Crippen molar-refractivity contribution in [3.05, 3.63) is 174 Å². The van der Waals surface area contributed by atoms with Crippen LogP contribution in [0.2, 0.25) is 0 Å². The minimum absolute atomic E-state index is 0.548. The molecule has 0 spiro atoms. The highest BCUT2D eigenvalue weighted by Gasteiger charge is 2.11. The average Bonchev–Trinajstić information content (AvgIpc) is 3.45. The maximum Gasteiger partial charge on any atom is 0.136 e. The Kier molecular flexibility index (Phi) is 7.12. The van der Waals surface area contributed by atoms with E-state index in [1.165, 1.54) is 11.1 Å². The van der Waals surface area contributed by atoms with E-state index in [2.05, 4.69) is 103 Å². The van der Waals surface area contributed by atoms with Gasteiger partial charge in [0.15, 0.2) is 0 Å². The van der Waals surface area contributed by atoms with Crippen LogP contribution in [0.1, 0.15) is 16.7 Å². The van der Waals surface area contributed by atoms with Crippen LogP contribution in [0, 0.1) is 0 Å². The number of hydrogen-bond acceptors (Lipinski definition) is 3. The largest absolute Gasteiger partial charge is 0.456 e. The van der Waals surface area contributed by atoms with Gasteiger partial charge in [-0.25, -0.2) is 0 Å². The molecule has 0 fully saturated rings. The molecule has 0 radical (unpaired) electrons. The summed E-state index contributed by atoms with van der Waals surface area (Å²) < 4.78 is 6.19. The molecular weight excluding hydrogens is 524 g/mol. The molecule has 0 amide bonds. The maximum absolute atomic E-state index is 6.78. The number of aliphatic imine (C=N–C) groups is 1. The molecule has 206 valence electrons. The molecule has 7 aromatic rings. The number of benzene rings is 6. The van der Waals surface area contributed by atoms with E-state index >= 15 is 0 Å². The Labute approximate surface area is 251 Å². The minimum atomic E-state index is 0.548. The third-order valence-electron chi connectivity index (χ3n) is 7.76.